The molecule has 4 rings (SSSR count). The van der Waals surface area contributed by atoms with E-state index in [2.05, 4.69) is 15.8 Å². The van der Waals surface area contributed by atoms with Crippen LogP contribution < -0.4 is 15.5 Å². The topological polar surface area (TPSA) is 92.9 Å². The van der Waals surface area contributed by atoms with Gasteiger partial charge >= 0.3 is 0 Å². The van der Waals surface area contributed by atoms with Crippen LogP contribution in [0, 0.1) is 20.8 Å². The number of ether oxygens (including phenoxy) is 1. The number of anilines is 1. The predicted octanol–water partition coefficient (Wildman–Crippen LogP) is 6.00. The summed E-state index contributed by atoms with van der Waals surface area (Å²) in [5, 5.41) is 8.01. The van der Waals surface area contributed by atoms with Crippen molar-refractivity contribution in [3.05, 3.63) is 80.2 Å². The Morgan fingerprint density at radius 3 is 2.51 bits per heavy atom. The SMILES string of the molecule is Cc1cc(C)cc(NC(=O)c2oc3c(c2C)/C(=N/NC(=O)COc2ccc(Cl)cc2Cl)CCC3)c1. The van der Waals surface area contributed by atoms with E-state index in [1.165, 1.54) is 6.07 Å². The molecular weight excluding hydrogens is 489 g/mol. The van der Waals surface area contributed by atoms with Gasteiger partial charge in [-0.25, -0.2) is 5.43 Å². The first-order chi connectivity index (χ1) is 16.7. The summed E-state index contributed by atoms with van der Waals surface area (Å²) in [7, 11) is 0. The summed E-state index contributed by atoms with van der Waals surface area (Å²) < 4.78 is 11.4. The van der Waals surface area contributed by atoms with Gasteiger partial charge in [-0.3, -0.25) is 9.59 Å². The molecule has 0 saturated carbocycles. The lowest BCUT2D eigenvalue weighted by Crippen LogP contribution is -2.27. The van der Waals surface area contributed by atoms with Crippen LogP contribution in [-0.2, 0) is 11.2 Å². The second kappa shape index (κ2) is 10.5. The van der Waals surface area contributed by atoms with Gasteiger partial charge in [0.05, 0.1) is 10.7 Å². The minimum absolute atomic E-state index is 0.246. The second-order valence-electron chi connectivity index (χ2n) is 8.50. The maximum absolute atomic E-state index is 13.0. The largest absolute Gasteiger partial charge is 0.482 e. The zero-order valence-corrected chi connectivity index (χ0v) is 21.1. The molecule has 7 nitrogen and oxygen atoms in total. The number of furan rings is 1. The highest BCUT2D eigenvalue weighted by molar-refractivity contribution is 6.35. The number of hydrogen-bond donors (Lipinski definition) is 2. The van der Waals surface area contributed by atoms with Gasteiger partial charge in [0.1, 0.15) is 11.5 Å². The van der Waals surface area contributed by atoms with Crippen molar-refractivity contribution in [2.24, 2.45) is 5.10 Å². The van der Waals surface area contributed by atoms with E-state index in [0.29, 0.717) is 51.4 Å². The summed E-state index contributed by atoms with van der Waals surface area (Å²) in [6.07, 6.45) is 2.14. The number of halogens is 2. The third-order valence-electron chi connectivity index (χ3n) is 5.58. The number of aryl methyl sites for hydroxylation is 3. The number of amides is 2. The van der Waals surface area contributed by atoms with Crippen LogP contribution in [0.1, 0.15) is 51.4 Å². The van der Waals surface area contributed by atoms with Crippen LogP contribution in [0.25, 0.3) is 0 Å². The summed E-state index contributed by atoms with van der Waals surface area (Å²) in [4.78, 5) is 25.3. The number of hydrazone groups is 1. The molecule has 0 saturated heterocycles. The minimum Gasteiger partial charge on any atom is -0.482 e. The molecule has 9 heteroatoms. The van der Waals surface area contributed by atoms with E-state index in [9.17, 15) is 9.59 Å². The number of fused-ring (bicyclic) bond motifs is 1. The van der Waals surface area contributed by atoms with Gasteiger partial charge in [0.2, 0.25) is 0 Å². The number of carbonyl (C=O) groups is 2. The molecule has 1 aromatic heterocycles. The monoisotopic (exact) mass is 513 g/mol. The lowest BCUT2D eigenvalue weighted by molar-refractivity contribution is -0.123. The van der Waals surface area contributed by atoms with Gasteiger partial charge in [-0.05, 0) is 75.1 Å². The molecular formula is C26H25Cl2N3O4. The van der Waals surface area contributed by atoms with Crippen LogP contribution in [0.3, 0.4) is 0 Å². The molecule has 0 atom stereocenters. The zero-order chi connectivity index (χ0) is 25.1. The van der Waals surface area contributed by atoms with E-state index in [1.54, 1.807) is 12.1 Å². The molecule has 1 aliphatic carbocycles. The molecule has 3 aromatic rings. The highest BCUT2D eigenvalue weighted by atomic mass is 35.5. The van der Waals surface area contributed by atoms with Gasteiger partial charge in [-0.1, -0.05) is 29.3 Å². The van der Waals surface area contributed by atoms with Gasteiger partial charge in [-0.2, -0.15) is 5.10 Å². The summed E-state index contributed by atoms with van der Waals surface area (Å²) in [6.45, 7) is 5.52. The van der Waals surface area contributed by atoms with Crippen LogP contribution in [0.5, 0.6) is 5.75 Å². The van der Waals surface area contributed by atoms with Crippen molar-refractivity contribution in [3.63, 3.8) is 0 Å². The maximum Gasteiger partial charge on any atom is 0.291 e. The number of carbonyl (C=O) groups excluding carboxylic acids is 2. The molecule has 0 radical (unpaired) electrons. The summed E-state index contributed by atoms with van der Waals surface area (Å²) in [5.74, 6) is 0.527. The van der Waals surface area contributed by atoms with Gasteiger partial charge in [0, 0.05) is 28.3 Å². The normalized spacial score (nSPS) is 13.9. The smallest absolute Gasteiger partial charge is 0.291 e. The lowest BCUT2D eigenvalue weighted by Gasteiger charge is -2.13. The van der Waals surface area contributed by atoms with E-state index in [1.807, 2.05) is 39.0 Å². The molecule has 2 aromatic carbocycles. The van der Waals surface area contributed by atoms with Crippen molar-refractivity contribution in [3.8, 4) is 5.75 Å². The highest BCUT2D eigenvalue weighted by Crippen LogP contribution is 2.31. The van der Waals surface area contributed by atoms with E-state index in [0.717, 1.165) is 23.1 Å². The molecule has 2 N–H and O–H groups in total. The van der Waals surface area contributed by atoms with Crippen LogP contribution in [0.15, 0.2) is 45.9 Å². The summed E-state index contributed by atoms with van der Waals surface area (Å²) in [6, 6.07) is 10.6. The number of benzene rings is 2. The number of hydrogen-bond acceptors (Lipinski definition) is 5. The van der Waals surface area contributed by atoms with Gasteiger partial charge in [0.25, 0.3) is 11.8 Å². The number of nitrogens with zero attached hydrogens (tertiary/aromatic N) is 1. The first-order valence-electron chi connectivity index (χ1n) is 11.2. The quantitative estimate of drug-likeness (QED) is 0.395. The molecule has 0 bridgehead atoms. The van der Waals surface area contributed by atoms with Crippen molar-refractivity contribution in [2.45, 2.75) is 40.0 Å². The van der Waals surface area contributed by atoms with E-state index >= 15 is 0 Å². The van der Waals surface area contributed by atoms with Crippen LogP contribution >= 0.6 is 23.2 Å². The maximum atomic E-state index is 13.0. The van der Waals surface area contributed by atoms with Crippen molar-refractivity contribution in [1.29, 1.82) is 0 Å². The van der Waals surface area contributed by atoms with Crippen molar-refractivity contribution in [2.75, 3.05) is 11.9 Å². The Morgan fingerprint density at radius 1 is 1.06 bits per heavy atom. The molecule has 1 heterocycles. The number of nitrogens with one attached hydrogen (secondary N) is 2. The van der Waals surface area contributed by atoms with E-state index < -0.39 is 5.91 Å². The Hall–Kier alpha value is -3.29. The molecule has 0 fully saturated rings. The predicted molar refractivity (Wildman–Crippen MR) is 137 cm³/mol. The van der Waals surface area contributed by atoms with Crippen LogP contribution in [-0.4, -0.2) is 24.1 Å². The van der Waals surface area contributed by atoms with Crippen molar-refractivity contribution >= 4 is 46.4 Å². The fraction of sp³-hybridized carbons (Fsp3) is 0.269. The molecule has 1 aliphatic rings. The molecule has 2 amide bonds. The fourth-order valence-electron chi connectivity index (χ4n) is 4.13. The first-order valence-corrected chi connectivity index (χ1v) is 11.9. The van der Waals surface area contributed by atoms with E-state index in [4.69, 9.17) is 32.4 Å². The molecule has 182 valence electrons. The minimum atomic E-state index is -0.440. The Labute approximate surface area is 213 Å². The molecule has 0 unspecified atom stereocenters. The molecule has 0 aliphatic heterocycles. The van der Waals surface area contributed by atoms with Crippen molar-refractivity contribution < 1.29 is 18.7 Å². The third-order valence-corrected chi connectivity index (χ3v) is 6.11. The lowest BCUT2D eigenvalue weighted by atomic mass is 9.93. The average molecular weight is 514 g/mol. The second-order valence-corrected chi connectivity index (χ2v) is 9.34. The average Bonchev–Trinajstić information content (AvgIpc) is 3.13. The fourth-order valence-corrected chi connectivity index (χ4v) is 4.59. The van der Waals surface area contributed by atoms with Crippen LogP contribution in [0.2, 0.25) is 10.0 Å². The number of rotatable bonds is 6. The molecule has 35 heavy (non-hydrogen) atoms. The van der Waals surface area contributed by atoms with Crippen molar-refractivity contribution in [1.82, 2.24) is 5.43 Å². The summed E-state index contributed by atoms with van der Waals surface area (Å²) in [5.41, 5.74) is 7.48. The Balaban J connectivity index is 1.46. The Kier molecular flexibility index (Phi) is 7.48. The first kappa shape index (κ1) is 24.8. The zero-order valence-electron chi connectivity index (χ0n) is 19.6. The van der Waals surface area contributed by atoms with Crippen LogP contribution in [0.4, 0.5) is 5.69 Å². The highest BCUT2D eigenvalue weighted by Gasteiger charge is 2.28. The molecule has 0 spiro atoms. The Morgan fingerprint density at radius 2 is 1.80 bits per heavy atom. The van der Waals surface area contributed by atoms with Gasteiger partial charge < -0.3 is 14.5 Å². The van der Waals surface area contributed by atoms with Gasteiger partial charge in [-0.15, -0.1) is 0 Å². The third kappa shape index (κ3) is 5.86. The summed E-state index contributed by atoms with van der Waals surface area (Å²) >= 11 is 11.9. The van der Waals surface area contributed by atoms with E-state index in [-0.39, 0.29) is 18.3 Å². The standard InChI is InChI=1S/C26H25Cl2N3O4/c1-14-9-15(2)11-18(10-14)29-26(33)25-16(3)24-20(5-4-6-22(24)35-25)30-31-23(32)13-34-21-8-7-17(27)12-19(21)28/h7-12H,4-6,13H2,1-3H3,(H,29,33)(H,31,32)/b30-20+. The Bertz CT molecular complexity index is 1310. The van der Waals surface area contributed by atoms with Gasteiger partial charge in [0.15, 0.2) is 12.4 Å².